The Morgan fingerprint density at radius 2 is 2.12 bits per heavy atom. The van der Waals surface area contributed by atoms with Crippen molar-refractivity contribution in [1.82, 2.24) is 0 Å². The monoisotopic (exact) mass is 421 g/mol. The Kier molecular flexibility index (Phi) is 8.68. The van der Waals surface area contributed by atoms with E-state index in [1.807, 2.05) is 13.0 Å². The number of nitriles is 1. The van der Waals surface area contributed by atoms with Crippen molar-refractivity contribution in [2.24, 2.45) is 21.5 Å². The predicted molar refractivity (Wildman–Crippen MR) is 106 cm³/mol. The van der Waals surface area contributed by atoms with Gasteiger partial charge in [0.1, 0.15) is 16.5 Å². The molecule has 0 aromatic heterocycles. The molecule has 6 nitrogen and oxygen atoms in total. The van der Waals surface area contributed by atoms with Crippen LogP contribution in [0.1, 0.15) is 31.9 Å². The predicted octanol–water partition coefficient (Wildman–Crippen LogP) is 3.36. The second-order valence-corrected chi connectivity index (χ2v) is 6.01. The lowest BCUT2D eigenvalue weighted by atomic mass is 10.0. The van der Waals surface area contributed by atoms with E-state index in [9.17, 15) is 14.8 Å². The number of rotatable bonds is 7. The largest absolute Gasteiger partial charge is 0.404 e. The molecule has 0 heterocycles. The van der Waals surface area contributed by atoms with Gasteiger partial charge in [-0.3, -0.25) is 9.98 Å². The van der Waals surface area contributed by atoms with Gasteiger partial charge in [0.15, 0.2) is 0 Å². The van der Waals surface area contributed by atoms with Crippen molar-refractivity contribution in [3.63, 3.8) is 0 Å². The second-order valence-electron chi connectivity index (χ2n) is 5.26. The summed E-state index contributed by atoms with van der Waals surface area (Å²) in [7, 11) is 0. The Balaban J connectivity index is 3.48. The fraction of sp³-hybridized carbons (Fsp3) is 0.278. The number of halogens is 2. The molecule has 0 fully saturated rings. The number of hydrogen-bond donors (Lipinski definition) is 3. The third kappa shape index (κ3) is 5.79. The Hall–Kier alpha value is -2.50. The Morgan fingerprint density at radius 1 is 1.42 bits per heavy atom. The average molecular weight is 422 g/mol. The van der Waals surface area contributed by atoms with Crippen molar-refractivity contribution in [2.75, 3.05) is 6.54 Å². The van der Waals surface area contributed by atoms with Crippen molar-refractivity contribution in [3.8, 4) is 6.07 Å². The maximum Gasteiger partial charge on any atom is 0.123 e. The first kappa shape index (κ1) is 21.5. The highest BCUT2D eigenvalue weighted by atomic mass is 79.9. The van der Waals surface area contributed by atoms with Gasteiger partial charge < -0.3 is 16.6 Å². The molecule has 0 saturated heterocycles. The smallest absolute Gasteiger partial charge is 0.123 e. The third-order valence-electron chi connectivity index (χ3n) is 3.41. The van der Waals surface area contributed by atoms with Crippen LogP contribution in [-0.2, 0) is 0 Å². The summed E-state index contributed by atoms with van der Waals surface area (Å²) in [5.41, 5.74) is 12.9. The van der Waals surface area contributed by atoms with Crippen LogP contribution in [0.2, 0.25) is 0 Å². The maximum absolute atomic E-state index is 13.5. The fourth-order valence-corrected chi connectivity index (χ4v) is 2.64. The van der Waals surface area contributed by atoms with E-state index in [0.717, 1.165) is 6.20 Å². The van der Waals surface area contributed by atoms with Crippen molar-refractivity contribution in [1.29, 1.82) is 5.26 Å². The number of aliphatic hydroxyl groups is 1. The lowest BCUT2D eigenvalue weighted by molar-refractivity contribution is 0.199. The van der Waals surface area contributed by atoms with Crippen molar-refractivity contribution in [3.05, 3.63) is 53.1 Å². The van der Waals surface area contributed by atoms with Gasteiger partial charge in [-0.2, -0.15) is 5.26 Å². The molecule has 1 aromatic rings. The minimum absolute atomic E-state index is 0.141. The number of hydrogen-bond acceptors (Lipinski definition) is 6. The Bertz CT molecular complexity index is 806. The first-order valence-corrected chi connectivity index (χ1v) is 8.65. The zero-order chi connectivity index (χ0) is 19.7. The second kappa shape index (κ2) is 10.5. The molecule has 1 rings (SSSR count). The summed E-state index contributed by atoms with van der Waals surface area (Å²) in [5.74, 6) is -0.489. The molecule has 0 saturated carbocycles. The lowest BCUT2D eigenvalue weighted by Crippen LogP contribution is -2.10. The number of nitrogens with zero attached hydrogens (tertiary/aromatic N) is 3. The van der Waals surface area contributed by atoms with E-state index in [1.54, 1.807) is 0 Å². The first-order valence-electron chi connectivity index (χ1n) is 7.86. The van der Waals surface area contributed by atoms with Gasteiger partial charge in [-0.1, -0.05) is 0 Å². The minimum atomic E-state index is -0.934. The molecular formula is C18H21BrFN5O. The molecule has 0 bridgehead atoms. The number of aliphatic hydroxyl groups excluding tert-OH is 1. The third-order valence-corrected chi connectivity index (χ3v) is 4.17. The van der Waals surface area contributed by atoms with Crippen LogP contribution >= 0.6 is 15.9 Å². The highest BCUT2D eigenvalue weighted by Gasteiger charge is 2.15. The highest BCUT2D eigenvalue weighted by Crippen LogP contribution is 2.28. The SMILES string of the molecule is CCN=C(Br)C(=CN)CC(=Nc1ccc(F)cc1C(C)O)C(C#N)=CN. The van der Waals surface area contributed by atoms with E-state index in [4.69, 9.17) is 11.5 Å². The molecule has 0 aliphatic carbocycles. The van der Waals surface area contributed by atoms with Crippen molar-refractivity contribution < 1.29 is 9.50 Å². The number of allylic oxidation sites excluding steroid dienone is 2. The molecule has 5 N–H and O–H groups in total. The van der Waals surface area contributed by atoms with Gasteiger partial charge >= 0.3 is 0 Å². The molecule has 0 aliphatic heterocycles. The Morgan fingerprint density at radius 3 is 2.62 bits per heavy atom. The molecule has 26 heavy (non-hydrogen) atoms. The molecule has 0 aliphatic rings. The molecule has 138 valence electrons. The highest BCUT2D eigenvalue weighted by molar-refractivity contribution is 9.18. The normalized spacial score (nSPS) is 14.9. The van der Waals surface area contributed by atoms with Crippen LogP contribution < -0.4 is 11.5 Å². The fourth-order valence-electron chi connectivity index (χ4n) is 2.12. The zero-order valence-corrected chi connectivity index (χ0v) is 16.2. The zero-order valence-electron chi connectivity index (χ0n) is 14.6. The summed E-state index contributed by atoms with van der Waals surface area (Å²) in [6.45, 7) is 3.93. The molecule has 0 radical (unpaired) electrons. The van der Waals surface area contributed by atoms with E-state index < -0.39 is 11.9 Å². The summed E-state index contributed by atoms with van der Waals surface area (Å²) < 4.78 is 14.0. The van der Waals surface area contributed by atoms with Gasteiger partial charge in [0.05, 0.1) is 23.1 Å². The summed E-state index contributed by atoms with van der Waals surface area (Å²) in [6.07, 6.45) is 1.75. The van der Waals surface area contributed by atoms with E-state index in [2.05, 4.69) is 25.9 Å². The van der Waals surface area contributed by atoms with Gasteiger partial charge in [0.2, 0.25) is 0 Å². The summed E-state index contributed by atoms with van der Waals surface area (Å²) in [5, 5.41) is 19.2. The number of aliphatic imine (C=N–C) groups is 2. The number of nitrogens with two attached hydrogens (primary N) is 2. The van der Waals surface area contributed by atoms with Gasteiger partial charge in [-0.15, -0.1) is 0 Å². The van der Waals surface area contributed by atoms with Crippen molar-refractivity contribution >= 4 is 31.9 Å². The van der Waals surface area contributed by atoms with Gasteiger partial charge in [0.25, 0.3) is 0 Å². The van der Waals surface area contributed by atoms with Crippen LogP contribution in [0.25, 0.3) is 0 Å². The average Bonchev–Trinajstić information content (AvgIpc) is 2.61. The summed E-state index contributed by atoms with van der Waals surface area (Å²) in [6, 6.07) is 5.85. The van der Waals surface area contributed by atoms with Crippen LogP contribution in [0.3, 0.4) is 0 Å². The topological polar surface area (TPSA) is 121 Å². The first-order chi connectivity index (χ1) is 12.4. The summed E-state index contributed by atoms with van der Waals surface area (Å²) >= 11 is 3.34. The molecular weight excluding hydrogens is 401 g/mol. The molecule has 0 amide bonds. The van der Waals surface area contributed by atoms with Crippen LogP contribution in [0.5, 0.6) is 0 Å². The lowest BCUT2D eigenvalue weighted by Gasteiger charge is -2.12. The van der Waals surface area contributed by atoms with Crippen LogP contribution in [0.4, 0.5) is 10.1 Å². The minimum Gasteiger partial charge on any atom is -0.404 e. The quantitative estimate of drug-likeness (QED) is 0.461. The van der Waals surface area contributed by atoms with E-state index in [-0.39, 0.29) is 12.0 Å². The van der Waals surface area contributed by atoms with Gasteiger partial charge in [0, 0.05) is 36.5 Å². The maximum atomic E-state index is 13.5. The van der Waals surface area contributed by atoms with Crippen LogP contribution in [0.15, 0.2) is 51.7 Å². The molecule has 1 atom stereocenters. The molecule has 1 aromatic carbocycles. The van der Waals surface area contributed by atoms with Gasteiger partial charge in [-0.05, 0) is 48.0 Å². The molecule has 8 heteroatoms. The summed E-state index contributed by atoms with van der Waals surface area (Å²) in [4.78, 5) is 8.67. The van der Waals surface area contributed by atoms with Crippen molar-refractivity contribution in [2.45, 2.75) is 26.4 Å². The molecule has 0 spiro atoms. The Labute approximate surface area is 160 Å². The standard InChI is InChI=1S/C18H21BrFN5O/c1-3-24-18(19)12(8-21)6-17(13(9-22)10-23)25-16-5-4-14(20)7-15(16)11(2)26/h4-5,7-9,11,26H,3,6,21-22H2,1-2H3. The van der Waals surface area contributed by atoms with E-state index >= 15 is 0 Å². The number of benzene rings is 1. The van der Waals surface area contributed by atoms with Gasteiger partial charge in [-0.25, -0.2) is 4.39 Å². The van der Waals surface area contributed by atoms with Crippen LogP contribution in [-0.4, -0.2) is 22.0 Å². The van der Waals surface area contributed by atoms with E-state index in [1.165, 1.54) is 31.3 Å². The molecule has 1 unspecified atom stereocenters. The van der Waals surface area contributed by atoms with Crippen LogP contribution in [0, 0.1) is 17.1 Å². The van der Waals surface area contributed by atoms with E-state index in [0.29, 0.717) is 33.7 Å².